The van der Waals surface area contributed by atoms with Gasteiger partial charge in [0.2, 0.25) is 0 Å². The van der Waals surface area contributed by atoms with Crippen molar-refractivity contribution < 1.29 is 4.74 Å². The number of rotatable bonds is 7. The maximum Gasteiger partial charge on any atom is 0.328 e. The van der Waals surface area contributed by atoms with Gasteiger partial charge in [-0.05, 0) is 17.5 Å². The van der Waals surface area contributed by atoms with E-state index < -0.39 is 0 Å². The van der Waals surface area contributed by atoms with E-state index in [1.54, 1.807) is 0 Å². The van der Waals surface area contributed by atoms with Crippen LogP contribution in [0, 0.1) is 0 Å². The van der Waals surface area contributed by atoms with E-state index >= 15 is 0 Å². The van der Waals surface area contributed by atoms with Crippen LogP contribution in [-0.4, -0.2) is 26.1 Å². The Bertz CT molecular complexity index is 913. The summed E-state index contributed by atoms with van der Waals surface area (Å²) in [5.74, 6) is 0.200. The monoisotopic (exact) mass is 342 g/mol. The molecule has 0 saturated heterocycles. The number of hydrogen-bond acceptors (Lipinski definition) is 6. The number of aromatic amines is 1. The average Bonchev–Trinajstić information content (AvgIpc) is 2.93. The standard InChI is InChI=1S/C17H22N6O2/c1-2-3-8-25-16-21-14(19)13-15(22-16)23(17(24)20-13)10-12-6-4-11(9-18)5-7-12/h4-7H,2-3,8-10,18H2,1H3,(H,20,24)(H2,19,21,22). The van der Waals surface area contributed by atoms with Crippen molar-refractivity contribution in [3.8, 4) is 6.01 Å². The first-order valence-electron chi connectivity index (χ1n) is 8.29. The Morgan fingerprint density at radius 2 is 1.92 bits per heavy atom. The van der Waals surface area contributed by atoms with E-state index in [4.69, 9.17) is 16.2 Å². The molecule has 0 bridgehead atoms. The molecule has 3 aromatic rings. The fraction of sp³-hybridized carbons (Fsp3) is 0.353. The minimum atomic E-state index is -0.287. The Labute approximate surface area is 144 Å². The molecule has 0 fully saturated rings. The van der Waals surface area contributed by atoms with Crippen molar-refractivity contribution in [2.24, 2.45) is 5.73 Å². The number of anilines is 1. The van der Waals surface area contributed by atoms with Crippen molar-refractivity contribution in [1.82, 2.24) is 19.5 Å². The molecule has 0 amide bonds. The smallest absolute Gasteiger partial charge is 0.328 e. The fourth-order valence-electron chi connectivity index (χ4n) is 2.51. The van der Waals surface area contributed by atoms with Gasteiger partial charge in [-0.2, -0.15) is 9.97 Å². The van der Waals surface area contributed by atoms with Crippen LogP contribution in [0.4, 0.5) is 5.82 Å². The zero-order valence-electron chi connectivity index (χ0n) is 14.2. The lowest BCUT2D eigenvalue weighted by atomic mass is 10.1. The molecule has 0 aliphatic carbocycles. The summed E-state index contributed by atoms with van der Waals surface area (Å²) in [6.07, 6.45) is 1.90. The number of nitrogens with zero attached hydrogens (tertiary/aromatic N) is 3. The summed E-state index contributed by atoms with van der Waals surface area (Å²) < 4.78 is 7.06. The number of nitrogens with one attached hydrogen (secondary N) is 1. The van der Waals surface area contributed by atoms with Crippen molar-refractivity contribution >= 4 is 17.0 Å². The highest BCUT2D eigenvalue weighted by Crippen LogP contribution is 2.18. The van der Waals surface area contributed by atoms with Crippen LogP contribution in [-0.2, 0) is 13.1 Å². The lowest BCUT2D eigenvalue weighted by Crippen LogP contribution is -2.18. The zero-order valence-corrected chi connectivity index (χ0v) is 14.2. The number of ether oxygens (including phenoxy) is 1. The summed E-state index contributed by atoms with van der Waals surface area (Å²) in [6, 6.07) is 7.95. The highest BCUT2D eigenvalue weighted by Gasteiger charge is 2.14. The van der Waals surface area contributed by atoms with E-state index in [1.807, 2.05) is 24.3 Å². The number of H-pyrrole nitrogens is 1. The molecule has 0 aliphatic heterocycles. The topological polar surface area (TPSA) is 125 Å². The van der Waals surface area contributed by atoms with Crippen molar-refractivity contribution in [3.05, 3.63) is 45.9 Å². The van der Waals surface area contributed by atoms with Crippen molar-refractivity contribution in [2.75, 3.05) is 12.3 Å². The molecule has 132 valence electrons. The Morgan fingerprint density at radius 3 is 2.60 bits per heavy atom. The van der Waals surface area contributed by atoms with Gasteiger partial charge in [0.1, 0.15) is 5.52 Å². The number of nitrogens with two attached hydrogens (primary N) is 2. The van der Waals surface area contributed by atoms with E-state index in [1.165, 1.54) is 4.57 Å². The summed E-state index contributed by atoms with van der Waals surface area (Å²) >= 11 is 0. The molecule has 2 aromatic heterocycles. The van der Waals surface area contributed by atoms with E-state index in [0.29, 0.717) is 30.9 Å². The van der Waals surface area contributed by atoms with Crippen LogP contribution >= 0.6 is 0 Å². The minimum absolute atomic E-state index is 0.185. The Balaban J connectivity index is 1.95. The molecule has 8 nitrogen and oxygen atoms in total. The largest absolute Gasteiger partial charge is 0.463 e. The maximum atomic E-state index is 12.3. The second kappa shape index (κ2) is 7.35. The van der Waals surface area contributed by atoms with Gasteiger partial charge in [-0.1, -0.05) is 37.6 Å². The lowest BCUT2D eigenvalue weighted by molar-refractivity contribution is 0.286. The highest BCUT2D eigenvalue weighted by molar-refractivity contribution is 5.81. The molecule has 0 radical (unpaired) electrons. The molecule has 25 heavy (non-hydrogen) atoms. The first-order valence-corrected chi connectivity index (χ1v) is 8.29. The molecule has 0 saturated carbocycles. The third-order valence-electron chi connectivity index (χ3n) is 3.96. The van der Waals surface area contributed by atoms with Crippen LogP contribution in [0.3, 0.4) is 0 Å². The van der Waals surface area contributed by atoms with Crippen LogP contribution in [0.2, 0.25) is 0 Å². The summed E-state index contributed by atoms with van der Waals surface area (Å²) in [4.78, 5) is 23.5. The van der Waals surface area contributed by atoms with E-state index in [-0.39, 0.29) is 17.5 Å². The Morgan fingerprint density at radius 1 is 1.20 bits per heavy atom. The predicted octanol–water partition coefficient (Wildman–Crippen LogP) is 1.39. The SMILES string of the molecule is CCCCOc1nc(N)c2[nH]c(=O)n(Cc3ccc(CN)cc3)c2n1. The number of benzene rings is 1. The molecule has 8 heteroatoms. The van der Waals surface area contributed by atoms with E-state index in [0.717, 1.165) is 24.0 Å². The van der Waals surface area contributed by atoms with Crippen molar-refractivity contribution in [2.45, 2.75) is 32.9 Å². The molecule has 1 aromatic carbocycles. The van der Waals surface area contributed by atoms with Crippen molar-refractivity contribution in [3.63, 3.8) is 0 Å². The first-order chi connectivity index (χ1) is 12.1. The molecule has 0 atom stereocenters. The molecule has 5 N–H and O–H groups in total. The highest BCUT2D eigenvalue weighted by atomic mass is 16.5. The number of hydrogen-bond donors (Lipinski definition) is 3. The van der Waals surface area contributed by atoms with Gasteiger partial charge in [0, 0.05) is 6.54 Å². The van der Waals surface area contributed by atoms with Gasteiger partial charge in [0.25, 0.3) is 0 Å². The molecule has 0 aliphatic rings. The quantitative estimate of drug-likeness (QED) is 0.557. The lowest BCUT2D eigenvalue weighted by Gasteiger charge is -2.07. The number of imidazole rings is 1. The summed E-state index contributed by atoms with van der Waals surface area (Å²) in [5.41, 5.74) is 14.1. The van der Waals surface area contributed by atoms with Gasteiger partial charge in [0.05, 0.1) is 13.2 Å². The predicted molar refractivity (Wildman–Crippen MR) is 96.4 cm³/mol. The Kier molecular flexibility index (Phi) is 4.99. The van der Waals surface area contributed by atoms with Gasteiger partial charge in [0.15, 0.2) is 11.5 Å². The maximum absolute atomic E-state index is 12.3. The van der Waals surface area contributed by atoms with E-state index in [9.17, 15) is 4.79 Å². The second-order valence-electron chi connectivity index (χ2n) is 5.83. The van der Waals surface area contributed by atoms with Crippen molar-refractivity contribution in [1.29, 1.82) is 0 Å². The van der Waals surface area contributed by atoms with Gasteiger partial charge < -0.3 is 21.2 Å². The van der Waals surface area contributed by atoms with Gasteiger partial charge >= 0.3 is 11.7 Å². The number of nitrogen functional groups attached to an aromatic ring is 1. The summed E-state index contributed by atoms with van der Waals surface area (Å²) in [6.45, 7) is 3.43. The molecule has 3 rings (SSSR count). The van der Waals surface area contributed by atoms with Gasteiger partial charge in [-0.3, -0.25) is 4.57 Å². The van der Waals surface area contributed by atoms with Crippen LogP contribution in [0.25, 0.3) is 11.2 Å². The number of aromatic nitrogens is 4. The fourth-order valence-corrected chi connectivity index (χ4v) is 2.51. The van der Waals surface area contributed by atoms with Crippen LogP contribution in [0.15, 0.2) is 29.1 Å². The minimum Gasteiger partial charge on any atom is -0.463 e. The van der Waals surface area contributed by atoms with Gasteiger partial charge in [-0.25, -0.2) is 4.79 Å². The molecular formula is C17H22N6O2. The molecule has 2 heterocycles. The summed E-state index contributed by atoms with van der Waals surface area (Å²) in [7, 11) is 0. The molecule has 0 unspecified atom stereocenters. The average molecular weight is 342 g/mol. The number of fused-ring (bicyclic) bond motifs is 1. The number of unbranched alkanes of at least 4 members (excludes halogenated alkanes) is 1. The van der Waals surface area contributed by atoms with Crippen LogP contribution < -0.4 is 21.9 Å². The normalized spacial score (nSPS) is 11.1. The third kappa shape index (κ3) is 3.63. The van der Waals surface area contributed by atoms with E-state index in [2.05, 4.69) is 21.9 Å². The van der Waals surface area contributed by atoms with Crippen LogP contribution in [0.1, 0.15) is 30.9 Å². The second-order valence-corrected chi connectivity index (χ2v) is 5.83. The third-order valence-corrected chi connectivity index (χ3v) is 3.96. The zero-order chi connectivity index (χ0) is 17.8. The molecular weight excluding hydrogens is 320 g/mol. The van der Waals surface area contributed by atoms with Gasteiger partial charge in [-0.15, -0.1) is 0 Å². The molecule has 0 spiro atoms. The summed E-state index contributed by atoms with van der Waals surface area (Å²) in [5, 5.41) is 0. The Hall–Kier alpha value is -2.87. The first kappa shape index (κ1) is 17.0. The van der Waals surface area contributed by atoms with Crippen LogP contribution in [0.5, 0.6) is 6.01 Å².